The van der Waals surface area contributed by atoms with Crippen LogP contribution in [0.15, 0.2) is 60.8 Å². The zero-order chi connectivity index (χ0) is 20.8. The molecule has 2 aliphatic heterocycles. The molecular formula is C21H20N2O4. The normalized spacial score (nSPS) is 29.3. The topological polar surface area (TPSA) is 59.1 Å². The third kappa shape index (κ3) is 2.65. The average molecular weight is 366 g/mol. The van der Waals surface area contributed by atoms with Gasteiger partial charge >= 0.3 is 11.9 Å². The summed E-state index contributed by atoms with van der Waals surface area (Å²) in [5.74, 6) is -4.34. The van der Waals surface area contributed by atoms with Crippen molar-refractivity contribution in [1.82, 2.24) is 5.01 Å². The number of rotatable bonds is 3. The monoisotopic (exact) mass is 366 g/mol. The van der Waals surface area contributed by atoms with Gasteiger partial charge in [-0.05, 0) is 29.3 Å². The van der Waals surface area contributed by atoms with Crippen LogP contribution in [0, 0.1) is 5.89 Å². The summed E-state index contributed by atoms with van der Waals surface area (Å²) < 4.78 is 28.3. The summed E-state index contributed by atoms with van der Waals surface area (Å²) in [4.78, 5) is 26.0. The Hall–Kier alpha value is -3.28. The van der Waals surface area contributed by atoms with Gasteiger partial charge in [0.05, 0.1) is 27.3 Å². The molecule has 0 N–H and O–H groups in total. The molecule has 1 fully saturated rings. The summed E-state index contributed by atoms with van der Waals surface area (Å²) in [5, 5.41) is 2.91. The fourth-order valence-corrected chi connectivity index (χ4v) is 3.57. The van der Waals surface area contributed by atoms with Gasteiger partial charge in [-0.15, -0.1) is 0 Å². The highest BCUT2D eigenvalue weighted by Gasteiger charge is 2.56. The third-order valence-electron chi connectivity index (χ3n) is 4.72. The van der Waals surface area contributed by atoms with Gasteiger partial charge in [0.15, 0.2) is 6.02 Å². The second-order valence-corrected chi connectivity index (χ2v) is 6.12. The van der Waals surface area contributed by atoms with Gasteiger partial charge in [0.2, 0.25) is 0 Å². The molecule has 0 aliphatic carbocycles. The maximum Gasteiger partial charge on any atom is 0.331 e. The van der Waals surface area contributed by atoms with E-state index in [-0.39, 0.29) is 0 Å². The number of carbonyl (C=O) groups excluding carboxylic acids is 2. The Morgan fingerprint density at radius 1 is 0.963 bits per heavy atom. The molecule has 6 heteroatoms. The highest BCUT2D eigenvalue weighted by Crippen LogP contribution is 2.47. The molecule has 0 bridgehead atoms. The van der Waals surface area contributed by atoms with Gasteiger partial charge < -0.3 is 9.47 Å². The van der Waals surface area contributed by atoms with E-state index in [2.05, 4.69) is 0 Å². The number of hydrazine groups is 1. The minimum Gasteiger partial charge on any atom is -0.469 e. The Morgan fingerprint density at radius 3 is 2.33 bits per heavy atom. The molecule has 1 saturated heterocycles. The van der Waals surface area contributed by atoms with Crippen molar-refractivity contribution >= 4 is 23.7 Å². The third-order valence-corrected chi connectivity index (χ3v) is 4.72. The van der Waals surface area contributed by atoms with Crippen molar-refractivity contribution in [2.45, 2.75) is 12.1 Å². The summed E-state index contributed by atoms with van der Waals surface area (Å²) in [5.41, 5.74) is 1.92. The lowest BCUT2D eigenvalue weighted by Gasteiger charge is -2.36. The van der Waals surface area contributed by atoms with E-state index >= 15 is 0 Å². The molecule has 0 spiro atoms. The zero-order valence-corrected chi connectivity index (χ0v) is 15.0. The van der Waals surface area contributed by atoms with Crippen LogP contribution < -0.4 is 5.01 Å². The van der Waals surface area contributed by atoms with E-state index in [4.69, 9.17) is 9.47 Å². The van der Waals surface area contributed by atoms with E-state index in [1.165, 1.54) is 5.01 Å². The molecule has 0 amide bonds. The van der Waals surface area contributed by atoms with Crippen LogP contribution in [0.25, 0.3) is 6.08 Å². The number of fused-ring (bicyclic) bond motifs is 3. The predicted molar refractivity (Wildman–Crippen MR) is 100 cm³/mol. The van der Waals surface area contributed by atoms with Gasteiger partial charge in [-0.3, -0.25) is 14.8 Å². The molecule has 0 unspecified atom stereocenters. The number of hydrogen-bond acceptors (Lipinski definition) is 6. The number of anilines is 1. The second-order valence-electron chi connectivity index (χ2n) is 6.12. The Labute approximate surface area is 160 Å². The number of benzene rings is 2. The maximum atomic E-state index is 13.0. The molecule has 0 aromatic heterocycles. The Morgan fingerprint density at radius 2 is 1.63 bits per heavy atom. The fraction of sp³-hybridized carbons (Fsp3) is 0.238. The van der Waals surface area contributed by atoms with E-state index in [1.807, 2.05) is 18.2 Å². The molecule has 2 aromatic carbocycles. The number of ether oxygens (including phenoxy) is 2. The lowest BCUT2D eigenvalue weighted by Crippen LogP contribution is -2.46. The van der Waals surface area contributed by atoms with Crippen LogP contribution in [0.4, 0.5) is 5.69 Å². The number of methoxy groups -OCH3 is 2. The zero-order valence-electron chi connectivity index (χ0n) is 17.0. The number of nitrogens with zero attached hydrogens (tertiary/aromatic N) is 2. The molecule has 2 heterocycles. The molecule has 0 radical (unpaired) electrons. The summed E-state index contributed by atoms with van der Waals surface area (Å²) >= 11 is 0. The Bertz CT molecular complexity index is 979. The van der Waals surface area contributed by atoms with Crippen LogP contribution in [-0.4, -0.2) is 37.2 Å². The van der Waals surface area contributed by atoms with Crippen molar-refractivity contribution in [3.63, 3.8) is 0 Å². The van der Waals surface area contributed by atoms with Crippen molar-refractivity contribution in [3.05, 3.63) is 71.9 Å². The van der Waals surface area contributed by atoms with E-state index in [0.29, 0.717) is 11.3 Å². The summed E-state index contributed by atoms with van der Waals surface area (Å²) in [7, 11) is 2.29. The lowest BCUT2D eigenvalue weighted by atomic mass is 9.85. The van der Waals surface area contributed by atoms with Crippen LogP contribution in [0.1, 0.15) is 19.9 Å². The summed E-state index contributed by atoms with van der Waals surface area (Å²) in [6.07, 6.45) is 3.49. The van der Waals surface area contributed by atoms with E-state index in [0.717, 1.165) is 19.8 Å². The smallest absolute Gasteiger partial charge is 0.331 e. The van der Waals surface area contributed by atoms with Gasteiger partial charge in [0.1, 0.15) is 5.89 Å². The van der Waals surface area contributed by atoms with Gasteiger partial charge in [-0.2, -0.15) is 0 Å². The van der Waals surface area contributed by atoms with Crippen LogP contribution in [0.2, 0.25) is 0 Å². The van der Waals surface area contributed by atoms with E-state index in [1.54, 1.807) is 53.7 Å². The summed E-state index contributed by atoms with van der Waals surface area (Å²) in [6.45, 7) is 0. The highest BCUT2D eigenvalue weighted by atomic mass is 16.5. The standard InChI is InChI=1S/C21H20N2O4/c1-26-20(24)17-18-16-11-7-6-8-14(16)12-13-22(18)23(19(17)21(25)27-2)15-9-4-3-5-10-15/h3-13,17-19H,1-2H3/t17-,18-,19-/m1/s1/i17D,19D. The fourth-order valence-electron chi connectivity index (χ4n) is 3.57. The quantitative estimate of drug-likeness (QED) is 0.779. The first-order valence-electron chi connectivity index (χ1n) is 9.48. The van der Waals surface area contributed by atoms with Gasteiger partial charge in [-0.1, -0.05) is 42.5 Å². The molecule has 2 aromatic rings. The minimum atomic E-state index is -2.43. The Balaban J connectivity index is 2.05. The lowest BCUT2D eigenvalue weighted by molar-refractivity contribution is -0.153. The molecule has 6 nitrogen and oxygen atoms in total. The van der Waals surface area contributed by atoms with Gasteiger partial charge in [0, 0.05) is 7.57 Å². The number of para-hydroxylation sites is 1. The molecule has 0 saturated carbocycles. The van der Waals surface area contributed by atoms with Gasteiger partial charge in [0.25, 0.3) is 0 Å². The van der Waals surface area contributed by atoms with Crippen molar-refractivity contribution in [3.8, 4) is 0 Å². The van der Waals surface area contributed by atoms with Crippen molar-refractivity contribution in [2.24, 2.45) is 5.89 Å². The largest absolute Gasteiger partial charge is 0.469 e. The predicted octanol–water partition coefficient (Wildman–Crippen LogP) is 2.78. The van der Waals surface area contributed by atoms with Crippen molar-refractivity contribution in [2.75, 3.05) is 19.2 Å². The number of hydrogen-bond donors (Lipinski definition) is 0. The van der Waals surface area contributed by atoms with Gasteiger partial charge in [-0.25, -0.2) is 4.79 Å². The molecule has 138 valence electrons. The molecule has 2 aliphatic rings. The number of esters is 2. The van der Waals surface area contributed by atoms with Crippen LogP contribution in [0.5, 0.6) is 0 Å². The van der Waals surface area contributed by atoms with Crippen LogP contribution in [0.3, 0.4) is 0 Å². The average Bonchev–Trinajstić information content (AvgIpc) is 2.98. The molecular weight excluding hydrogens is 344 g/mol. The first kappa shape index (κ1) is 14.8. The van der Waals surface area contributed by atoms with E-state index in [9.17, 15) is 12.3 Å². The first-order chi connectivity index (χ1) is 13.9. The molecule has 27 heavy (non-hydrogen) atoms. The van der Waals surface area contributed by atoms with Crippen molar-refractivity contribution in [1.29, 1.82) is 0 Å². The van der Waals surface area contributed by atoms with Crippen molar-refractivity contribution < 1.29 is 21.8 Å². The first-order valence-corrected chi connectivity index (χ1v) is 8.48. The van der Waals surface area contributed by atoms with Crippen LogP contribution in [-0.2, 0) is 19.1 Å². The summed E-state index contributed by atoms with van der Waals surface area (Å²) in [6, 6.07) is 12.6. The van der Waals surface area contributed by atoms with E-state index < -0.39 is 29.9 Å². The minimum absolute atomic E-state index is 0.472. The Kier molecular flexibility index (Phi) is 3.74. The molecule has 3 atom stereocenters. The maximum absolute atomic E-state index is 13.0. The highest BCUT2D eigenvalue weighted by molar-refractivity contribution is 5.90. The SMILES string of the molecule is [2H][C@@]1(C(=O)OC)[C@H]2c3ccccc3C=CN2N(c2ccccc2)[C@@]1([2H])C(=O)OC. The number of carbonyl (C=O) groups is 2. The second kappa shape index (κ2) is 6.79. The molecule has 4 rings (SSSR count). The van der Waals surface area contributed by atoms with Crippen LogP contribution >= 0.6 is 0 Å².